The van der Waals surface area contributed by atoms with Gasteiger partial charge in [-0.3, -0.25) is 4.79 Å². The van der Waals surface area contributed by atoms with E-state index in [9.17, 15) is 9.90 Å². The predicted molar refractivity (Wildman–Crippen MR) is 91.5 cm³/mol. The minimum Gasteiger partial charge on any atom is -0.396 e. The first-order valence-electron chi connectivity index (χ1n) is 8.46. The summed E-state index contributed by atoms with van der Waals surface area (Å²) in [6, 6.07) is -0.122. The van der Waals surface area contributed by atoms with Gasteiger partial charge in [-0.1, -0.05) is 6.92 Å². The van der Waals surface area contributed by atoms with Crippen LogP contribution in [0.2, 0.25) is 0 Å². The van der Waals surface area contributed by atoms with Crippen LogP contribution < -0.4 is 5.73 Å². The Hall–Kier alpha value is -0.0700. The summed E-state index contributed by atoms with van der Waals surface area (Å²) in [6.07, 6.45) is 2.27. The maximum atomic E-state index is 12.1. The third-order valence-electron chi connectivity index (χ3n) is 5.44. The summed E-state index contributed by atoms with van der Waals surface area (Å²) < 4.78 is 0. The van der Waals surface area contributed by atoms with Crippen LogP contribution in [0.5, 0.6) is 0 Å². The molecule has 2 rings (SSSR count). The summed E-state index contributed by atoms with van der Waals surface area (Å²) >= 11 is 12.4. The molecule has 0 bridgehead atoms. The van der Waals surface area contributed by atoms with Crippen molar-refractivity contribution in [3.63, 3.8) is 0 Å². The molecule has 1 saturated heterocycles. The van der Waals surface area contributed by atoms with Crippen LogP contribution in [-0.4, -0.2) is 63.6 Å². The molecule has 2 aliphatic rings. The van der Waals surface area contributed by atoms with Gasteiger partial charge in [0.1, 0.15) is 0 Å². The highest BCUT2D eigenvalue weighted by atomic mass is 35.5. The van der Waals surface area contributed by atoms with Crippen molar-refractivity contribution >= 4 is 29.1 Å². The van der Waals surface area contributed by atoms with E-state index < -0.39 is 6.10 Å². The number of likely N-dealkylation sites (tertiary alicyclic amines) is 1. The number of nitrogens with zero attached hydrogens (tertiary/aromatic N) is 1. The van der Waals surface area contributed by atoms with Crippen LogP contribution in [0.3, 0.4) is 0 Å². The first kappa shape index (κ1) is 19.3. The van der Waals surface area contributed by atoms with Gasteiger partial charge in [0, 0.05) is 25.0 Å². The van der Waals surface area contributed by atoms with E-state index in [4.69, 9.17) is 34.0 Å². The Bertz CT molecular complexity index is 405. The zero-order chi connectivity index (χ0) is 17.1. The van der Waals surface area contributed by atoms with E-state index in [-0.39, 0.29) is 47.1 Å². The third kappa shape index (κ3) is 4.51. The molecule has 0 radical (unpaired) electrons. The van der Waals surface area contributed by atoms with Crippen LogP contribution in [0, 0.1) is 17.8 Å². The van der Waals surface area contributed by atoms with Crippen molar-refractivity contribution in [2.75, 3.05) is 19.7 Å². The Balaban J connectivity index is 1.88. The molecule has 23 heavy (non-hydrogen) atoms. The highest BCUT2D eigenvalue weighted by Gasteiger charge is 2.40. The molecule has 134 valence electrons. The number of aliphatic hydroxyl groups excluding tert-OH is 2. The Morgan fingerprint density at radius 1 is 1.26 bits per heavy atom. The van der Waals surface area contributed by atoms with Crippen LogP contribution >= 0.6 is 23.2 Å². The predicted octanol–water partition coefficient (Wildman–Crippen LogP) is 1.17. The Kier molecular flexibility index (Phi) is 6.99. The van der Waals surface area contributed by atoms with Crippen molar-refractivity contribution in [3.05, 3.63) is 0 Å². The van der Waals surface area contributed by atoms with Crippen molar-refractivity contribution in [3.8, 4) is 0 Å². The Labute approximate surface area is 148 Å². The van der Waals surface area contributed by atoms with Gasteiger partial charge in [-0.15, -0.1) is 23.2 Å². The molecule has 1 aliphatic heterocycles. The van der Waals surface area contributed by atoms with E-state index in [0.29, 0.717) is 25.9 Å². The highest BCUT2D eigenvalue weighted by Crippen LogP contribution is 2.37. The average Bonchev–Trinajstić information content (AvgIpc) is 2.56. The molecule has 0 spiro atoms. The number of carbonyl (C=O) groups excluding carboxylic acids is 1. The average molecular weight is 367 g/mol. The number of alkyl halides is 2. The standard InChI is InChI=1S/C16H28Cl2N2O3/c1-9(8-21)16(23)20-4-2-10(3-5-20)15(19)11-6-12(17)13(18)7-14(11)22/h9-15,21-22H,2-8,19H2,1H3/t9-,11?,12?,13?,14?,15-/m1/s1. The van der Waals surface area contributed by atoms with Crippen molar-refractivity contribution < 1.29 is 15.0 Å². The smallest absolute Gasteiger partial charge is 0.227 e. The molecule has 4 unspecified atom stereocenters. The number of rotatable bonds is 4. The fourth-order valence-corrected chi connectivity index (χ4v) is 4.37. The molecular weight excluding hydrogens is 339 g/mol. The van der Waals surface area contributed by atoms with Gasteiger partial charge < -0.3 is 20.8 Å². The maximum absolute atomic E-state index is 12.1. The SMILES string of the molecule is C[C@H](CO)C(=O)N1CCC([C@@H](N)C2CC(Cl)C(Cl)CC2O)CC1. The molecule has 0 aromatic rings. The molecule has 1 amide bonds. The lowest BCUT2D eigenvalue weighted by molar-refractivity contribution is -0.137. The van der Waals surface area contributed by atoms with Crippen molar-refractivity contribution in [1.29, 1.82) is 0 Å². The fraction of sp³-hybridized carbons (Fsp3) is 0.938. The molecular formula is C16H28Cl2N2O3. The molecule has 7 heteroatoms. The first-order chi connectivity index (χ1) is 10.8. The van der Waals surface area contributed by atoms with Crippen molar-refractivity contribution in [1.82, 2.24) is 4.90 Å². The number of hydrogen-bond acceptors (Lipinski definition) is 4. The summed E-state index contributed by atoms with van der Waals surface area (Å²) in [7, 11) is 0. The second-order valence-corrected chi connectivity index (χ2v) is 8.18. The monoisotopic (exact) mass is 366 g/mol. The Morgan fingerprint density at radius 3 is 2.39 bits per heavy atom. The topological polar surface area (TPSA) is 86.8 Å². The number of aliphatic hydroxyl groups is 2. The zero-order valence-electron chi connectivity index (χ0n) is 13.6. The molecule has 0 aromatic carbocycles. The number of hydrogen-bond donors (Lipinski definition) is 3. The summed E-state index contributed by atoms with van der Waals surface area (Å²) in [6.45, 7) is 2.94. The van der Waals surface area contributed by atoms with Gasteiger partial charge in [0.25, 0.3) is 0 Å². The van der Waals surface area contributed by atoms with Crippen molar-refractivity contribution in [2.24, 2.45) is 23.5 Å². The normalized spacial score (nSPS) is 35.8. The van der Waals surface area contributed by atoms with Crippen LogP contribution in [0.15, 0.2) is 0 Å². The largest absolute Gasteiger partial charge is 0.396 e. The summed E-state index contributed by atoms with van der Waals surface area (Å²) in [4.78, 5) is 13.9. The molecule has 0 aromatic heterocycles. The molecule has 5 nitrogen and oxygen atoms in total. The molecule has 1 saturated carbocycles. The molecule has 1 heterocycles. The number of nitrogens with two attached hydrogens (primary N) is 1. The lowest BCUT2D eigenvalue weighted by Gasteiger charge is -2.42. The van der Waals surface area contributed by atoms with Crippen molar-refractivity contribution in [2.45, 2.75) is 55.5 Å². The molecule has 4 N–H and O–H groups in total. The van der Waals surface area contributed by atoms with Gasteiger partial charge in [0.2, 0.25) is 5.91 Å². The van der Waals surface area contributed by atoms with E-state index in [2.05, 4.69) is 0 Å². The van der Waals surface area contributed by atoms with Gasteiger partial charge in [-0.2, -0.15) is 0 Å². The van der Waals surface area contributed by atoms with Gasteiger partial charge in [-0.05, 0) is 31.6 Å². The van der Waals surface area contributed by atoms with Crippen LogP contribution in [-0.2, 0) is 4.79 Å². The second-order valence-electron chi connectivity index (χ2n) is 7.06. The number of piperidine rings is 1. The minimum absolute atomic E-state index is 0.00280. The molecule has 2 fully saturated rings. The summed E-state index contributed by atoms with van der Waals surface area (Å²) in [5, 5.41) is 19.0. The van der Waals surface area contributed by atoms with E-state index in [1.54, 1.807) is 11.8 Å². The maximum Gasteiger partial charge on any atom is 0.227 e. The van der Waals surface area contributed by atoms with Crippen LogP contribution in [0.25, 0.3) is 0 Å². The molecule has 1 aliphatic carbocycles. The van der Waals surface area contributed by atoms with E-state index in [0.717, 1.165) is 12.8 Å². The van der Waals surface area contributed by atoms with Crippen LogP contribution in [0.1, 0.15) is 32.6 Å². The fourth-order valence-electron chi connectivity index (χ4n) is 3.78. The highest BCUT2D eigenvalue weighted by molar-refractivity contribution is 6.30. The second kappa shape index (κ2) is 8.34. The zero-order valence-corrected chi connectivity index (χ0v) is 15.1. The quantitative estimate of drug-likeness (QED) is 0.651. The van der Waals surface area contributed by atoms with E-state index in [1.807, 2.05) is 0 Å². The minimum atomic E-state index is -0.503. The number of amides is 1. The first-order valence-corrected chi connectivity index (χ1v) is 9.33. The number of carbonyl (C=O) groups is 1. The van der Waals surface area contributed by atoms with E-state index in [1.165, 1.54) is 0 Å². The summed E-state index contributed by atoms with van der Waals surface area (Å²) in [5.41, 5.74) is 6.42. The van der Waals surface area contributed by atoms with E-state index >= 15 is 0 Å². The third-order valence-corrected chi connectivity index (χ3v) is 6.53. The Morgan fingerprint density at radius 2 is 1.83 bits per heavy atom. The van der Waals surface area contributed by atoms with Gasteiger partial charge >= 0.3 is 0 Å². The lowest BCUT2D eigenvalue weighted by Crippen LogP contribution is -2.52. The van der Waals surface area contributed by atoms with Gasteiger partial charge in [0.05, 0.1) is 29.4 Å². The summed E-state index contributed by atoms with van der Waals surface area (Å²) in [5.74, 6) is -0.101. The molecule has 6 atom stereocenters. The van der Waals surface area contributed by atoms with Crippen LogP contribution in [0.4, 0.5) is 0 Å². The lowest BCUT2D eigenvalue weighted by atomic mass is 9.74. The number of halogens is 2. The van der Waals surface area contributed by atoms with Gasteiger partial charge in [-0.25, -0.2) is 0 Å². The van der Waals surface area contributed by atoms with Gasteiger partial charge in [0.15, 0.2) is 0 Å².